The molecule has 4 aromatic rings. The number of anilines is 1. The molecule has 0 radical (unpaired) electrons. The van der Waals surface area contributed by atoms with Gasteiger partial charge in [-0.15, -0.1) is 0 Å². The van der Waals surface area contributed by atoms with Crippen LogP contribution in [0.1, 0.15) is 11.1 Å². The highest BCUT2D eigenvalue weighted by Crippen LogP contribution is 2.29. The zero-order chi connectivity index (χ0) is 23.8. The number of para-hydroxylation sites is 1. The number of nitrogens with one attached hydrogen (secondary N) is 1. The second-order valence-electron chi connectivity index (χ2n) is 8.11. The van der Waals surface area contributed by atoms with Crippen molar-refractivity contribution in [1.82, 2.24) is 24.0 Å². The van der Waals surface area contributed by atoms with Gasteiger partial charge >= 0.3 is 5.69 Å². The van der Waals surface area contributed by atoms with Crippen molar-refractivity contribution < 1.29 is 0 Å². The van der Waals surface area contributed by atoms with Crippen LogP contribution in [0, 0.1) is 11.3 Å². The first-order valence-corrected chi connectivity index (χ1v) is 11.3. The van der Waals surface area contributed by atoms with E-state index in [1.54, 1.807) is 41.9 Å². The van der Waals surface area contributed by atoms with Crippen LogP contribution in [0.4, 0.5) is 5.95 Å². The first kappa shape index (κ1) is 21.9. The van der Waals surface area contributed by atoms with Gasteiger partial charge in [-0.05, 0) is 23.8 Å². The third-order valence-corrected chi connectivity index (χ3v) is 6.40. The van der Waals surface area contributed by atoms with Gasteiger partial charge in [-0.2, -0.15) is 10.2 Å². The number of halogens is 1. The number of rotatable bonds is 4. The van der Waals surface area contributed by atoms with Crippen LogP contribution >= 0.6 is 11.6 Å². The smallest absolute Gasteiger partial charge is 0.332 e. The third-order valence-electron chi connectivity index (χ3n) is 6.08. The Hall–Kier alpha value is -3.87. The summed E-state index contributed by atoms with van der Waals surface area (Å²) in [5, 5.41) is 13.3. The fourth-order valence-corrected chi connectivity index (χ4v) is 4.54. The first-order valence-electron chi connectivity index (χ1n) is 10.9. The van der Waals surface area contributed by atoms with Crippen LogP contribution in [0.3, 0.4) is 0 Å². The average Bonchev–Trinajstić information content (AvgIpc) is 3.27. The van der Waals surface area contributed by atoms with Crippen molar-refractivity contribution in [3.8, 4) is 11.8 Å². The minimum absolute atomic E-state index is 0.0259. The van der Waals surface area contributed by atoms with Gasteiger partial charge in [-0.25, -0.2) is 4.79 Å². The van der Waals surface area contributed by atoms with Crippen LogP contribution in [-0.4, -0.2) is 44.9 Å². The van der Waals surface area contributed by atoms with E-state index in [4.69, 9.17) is 16.6 Å². The Kier molecular flexibility index (Phi) is 5.69. The standard InChI is InChI=1S/C24H22ClN7O2/c1-29-21-20(22(33)31(24(29)34)15-17-7-3-2-6-16(17)14-26)32(19-9-5-4-8-18(19)25)23(28-21)30-12-10-27-11-13-30/h2-9,27H,10-13,15H2,1H3. The highest BCUT2D eigenvalue weighted by Gasteiger charge is 2.26. The second-order valence-corrected chi connectivity index (χ2v) is 8.52. The maximum absolute atomic E-state index is 13.8. The van der Waals surface area contributed by atoms with E-state index < -0.39 is 11.2 Å². The summed E-state index contributed by atoms with van der Waals surface area (Å²) in [5.41, 5.74) is 1.18. The molecule has 0 atom stereocenters. The molecule has 0 unspecified atom stereocenters. The van der Waals surface area contributed by atoms with Gasteiger partial charge < -0.3 is 10.2 Å². The molecule has 5 rings (SSSR count). The molecule has 0 amide bonds. The number of nitriles is 1. The van der Waals surface area contributed by atoms with E-state index in [-0.39, 0.29) is 17.7 Å². The topological polar surface area (TPSA) is 101 Å². The Morgan fingerprint density at radius 2 is 1.79 bits per heavy atom. The number of piperazine rings is 1. The van der Waals surface area contributed by atoms with Crippen molar-refractivity contribution >= 4 is 28.7 Å². The number of fused-ring (bicyclic) bond motifs is 1. The van der Waals surface area contributed by atoms with E-state index in [9.17, 15) is 14.9 Å². The minimum Gasteiger partial charge on any atom is -0.339 e. The zero-order valence-electron chi connectivity index (χ0n) is 18.5. The molecule has 3 heterocycles. The van der Waals surface area contributed by atoms with Crippen LogP contribution in [0.15, 0.2) is 58.1 Å². The summed E-state index contributed by atoms with van der Waals surface area (Å²) in [6.45, 7) is 2.93. The van der Waals surface area contributed by atoms with Crippen molar-refractivity contribution in [1.29, 1.82) is 5.26 Å². The minimum atomic E-state index is -0.499. The average molecular weight is 476 g/mol. The van der Waals surface area contributed by atoms with Gasteiger partial charge in [0.1, 0.15) is 0 Å². The Labute approximate surface area is 200 Å². The molecule has 10 heteroatoms. The lowest BCUT2D eigenvalue weighted by Gasteiger charge is -2.28. The molecule has 1 N–H and O–H groups in total. The molecule has 0 spiro atoms. The Bertz CT molecular complexity index is 1550. The summed E-state index contributed by atoms with van der Waals surface area (Å²) in [5.74, 6) is 0.562. The fourth-order valence-electron chi connectivity index (χ4n) is 4.32. The number of nitrogens with zero attached hydrogens (tertiary/aromatic N) is 6. The molecule has 1 fully saturated rings. The number of aryl methyl sites for hydroxylation is 1. The lowest BCUT2D eigenvalue weighted by Crippen LogP contribution is -2.44. The van der Waals surface area contributed by atoms with Crippen molar-refractivity contribution in [3.05, 3.63) is 85.5 Å². The number of hydrogen-bond donors (Lipinski definition) is 1. The van der Waals surface area contributed by atoms with Crippen molar-refractivity contribution in [3.63, 3.8) is 0 Å². The Balaban J connectivity index is 1.82. The third kappa shape index (κ3) is 3.57. The van der Waals surface area contributed by atoms with E-state index in [1.165, 1.54) is 4.57 Å². The van der Waals surface area contributed by atoms with E-state index in [1.807, 2.05) is 18.2 Å². The second kappa shape index (κ2) is 8.82. The van der Waals surface area contributed by atoms with Gasteiger partial charge in [0.15, 0.2) is 11.2 Å². The van der Waals surface area contributed by atoms with Gasteiger partial charge in [-0.3, -0.25) is 18.5 Å². The zero-order valence-corrected chi connectivity index (χ0v) is 19.3. The monoisotopic (exact) mass is 475 g/mol. The van der Waals surface area contributed by atoms with Gasteiger partial charge in [0.25, 0.3) is 5.56 Å². The lowest BCUT2D eigenvalue weighted by molar-refractivity contribution is 0.578. The van der Waals surface area contributed by atoms with E-state index in [2.05, 4.69) is 16.3 Å². The molecule has 172 valence electrons. The van der Waals surface area contributed by atoms with Gasteiger partial charge in [0.05, 0.1) is 28.9 Å². The first-order chi connectivity index (χ1) is 16.5. The number of benzene rings is 2. The molecule has 0 aliphatic carbocycles. The van der Waals surface area contributed by atoms with Gasteiger partial charge in [-0.1, -0.05) is 41.9 Å². The molecular formula is C24H22ClN7O2. The van der Waals surface area contributed by atoms with Crippen LogP contribution in [-0.2, 0) is 13.6 Å². The lowest BCUT2D eigenvalue weighted by atomic mass is 10.1. The molecule has 9 nitrogen and oxygen atoms in total. The molecule has 1 aliphatic heterocycles. The van der Waals surface area contributed by atoms with Crippen LogP contribution < -0.4 is 21.5 Å². The van der Waals surface area contributed by atoms with E-state index in [0.29, 0.717) is 40.9 Å². The summed E-state index contributed by atoms with van der Waals surface area (Å²) >= 11 is 6.57. The molecule has 34 heavy (non-hydrogen) atoms. The van der Waals surface area contributed by atoms with Crippen LogP contribution in [0.5, 0.6) is 0 Å². The van der Waals surface area contributed by atoms with Crippen molar-refractivity contribution in [2.24, 2.45) is 7.05 Å². The predicted molar refractivity (Wildman–Crippen MR) is 131 cm³/mol. The summed E-state index contributed by atoms with van der Waals surface area (Å²) in [4.78, 5) is 33.9. The summed E-state index contributed by atoms with van der Waals surface area (Å²) in [7, 11) is 1.60. The van der Waals surface area contributed by atoms with E-state index in [0.717, 1.165) is 17.7 Å². The summed E-state index contributed by atoms with van der Waals surface area (Å²) in [6.07, 6.45) is 0. The summed E-state index contributed by atoms with van der Waals surface area (Å²) in [6, 6.07) is 16.3. The molecule has 1 aliphatic rings. The normalized spacial score (nSPS) is 13.9. The van der Waals surface area contributed by atoms with Crippen molar-refractivity contribution in [2.75, 3.05) is 31.1 Å². The quantitative estimate of drug-likeness (QED) is 0.483. The maximum Gasteiger partial charge on any atom is 0.332 e. The van der Waals surface area contributed by atoms with E-state index >= 15 is 0 Å². The summed E-state index contributed by atoms with van der Waals surface area (Å²) < 4.78 is 4.28. The molecule has 1 saturated heterocycles. The Morgan fingerprint density at radius 1 is 1.09 bits per heavy atom. The predicted octanol–water partition coefficient (Wildman–Crippen LogP) is 1.87. The SMILES string of the molecule is Cn1c(=O)n(Cc2ccccc2C#N)c(=O)c2c1nc(N1CCNCC1)n2-c1ccccc1Cl. The highest BCUT2D eigenvalue weighted by atomic mass is 35.5. The fraction of sp³-hybridized carbons (Fsp3) is 0.250. The number of imidazole rings is 1. The largest absolute Gasteiger partial charge is 0.339 e. The molecule has 2 aromatic heterocycles. The molecule has 0 bridgehead atoms. The van der Waals surface area contributed by atoms with Crippen LogP contribution in [0.25, 0.3) is 16.9 Å². The van der Waals surface area contributed by atoms with Crippen LogP contribution in [0.2, 0.25) is 5.02 Å². The highest BCUT2D eigenvalue weighted by molar-refractivity contribution is 6.32. The number of aromatic nitrogens is 4. The molecule has 0 saturated carbocycles. The Morgan fingerprint density at radius 3 is 2.53 bits per heavy atom. The maximum atomic E-state index is 13.8. The van der Waals surface area contributed by atoms with Gasteiger partial charge in [0, 0.05) is 33.2 Å². The van der Waals surface area contributed by atoms with Crippen molar-refractivity contribution in [2.45, 2.75) is 6.54 Å². The molecule has 2 aromatic carbocycles. The molecular weight excluding hydrogens is 454 g/mol. The number of hydrogen-bond acceptors (Lipinski definition) is 6. The van der Waals surface area contributed by atoms with Gasteiger partial charge in [0.2, 0.25) is 5.95 Å².